The van der Waals surface area contributed by atoms with Crippen molar-refractivity contribution in [2.45, 2.75) is 83.2 Å². The summed E-state index contributed by atoms with van der Waals surface area (Å²) in [6, 6.07) is 4.66. The fraction of sp³-hybridized carbons (Fsp3) is 0.500. The number of carboxylic acids is 1. The summed E-state index contributed by atoms with van der Waals surface area (Å²) in [5, 5.41) is 9.38. The lowest BCUT2D eigenvalue weighted by molar-refractivity contribution is -0.143. The van der Waals surface area contributed by atoms with Gasteiger partial charge in [0.25, 0.3) is 0 Å². The zero-order chi connectivity index (χ0) is 38.1. The molecule has 1 aromatic heterocycles. The Balaban J connectivity index is 1.45. The standard InChI is InChI=1S/C36H39F7N4O5/c1-19(11-25(36(41,42)43)12-20(2)35(38,39)40)31-21(3)47(34(50)52-31)18-29-28(15-44-33(45-29)46-16-26(37)17-46)27-14-23(7-10-30(27)51-4)13-22-5-8-24(9-6-22)32(48)49/h7,10-12,14-15,21-22,24,26,31H,1,5-6,8-9,13,16-18H2,2-4H3,(H,48,49)/b20-12+,25-11+/t21-,22?,24?,31+/m0/s1. The Morgan fingerprint density at radius 3 is 2.33 bits per heavy atom. The predicted molar refractivity (Wildman–Crippen MR) is 176 cm³/mol. The number of aliphatic carboxylic acids is 1. The van der Waals surface area contributed by atoms with E-state index in [1.165, 1.54) is 25.1 Å². The number of carbonyl (C=O) groups excluding carboxylic acids is 1. The molecule has 3 aliphatic rings. The summed E-state index contributed by atoms with van der Waals surface area (Å²) in [6.07, 6.45) is -8.18. The van der Waals surface area contributed by atoms with Crippen LogP contribution in [0.2, 0.25) is 0 Å². The van der Waals surface area contributed by atoms with E-state index in [1.807, 2.05) is 12.1 Å². The maximum absolute atomic E-state index is 13.8. The number of methoxy groups -OCH3 is 1. The molecule has 2 atom stereocenters. The number of nitrogens with zero attached hydrogens (tertiary/aromatic N) is 4. The first kappa shape index (κ1) is 38.6. The SMILES string of the molecule is C=C(/C=C(\C=C(/C)C(F)(F)F)C(F)(F)F)[C@H]1OC(=O)N(Cc2nc(N3CC(F)C3)ncc2-c2cc(CC3CCC(C(=O)O)CC3)ccc2OC)[C@H]1C. The molecule has 0 radical (unpaired) electrons. The molecular formula is C36H39F7N4O5. The van der Waals surface area contributed by atoms with E-state index >= 15 is 0 Å². The molecule has 1 saturated carbocycles. The van der Waals surface area contributed by atoms with Crippen molar-refractivity contribution < 1.29 is 54.9 Å². The molecule has 2 saturated heterocycles. The predicted octanol–water partition coefficient (Wildman–Crippen LogP) is 8.01. The minimum Gasteiger partial charge on any atom is -0.496 e. The lowest BCUT2D eigenvalue weighted by atomic mass is 9.79. The molecule has 0 unspecified atom stereocenters. The highest BCUT2D eigenvalue weighted by atomic mass is 19.4. The van der Waals surface area contributed by atoms with Crippen LogP contribution in [0.1, 0.15) is 50.8 Å². The van der Waals surface area contributed by atoms with Crippen molar-refractivity contribution in [2.75, 3.05) is 25.1 Å². The average Bonchev–Trinajstić information content (AvgIpc) is 3.34. The number of carbonyl (C=O) groups is 2. The molecule has 2 aliphatic heterocycles. The van der Waals surface area contributed by atoms with Gasteiger partial charge in [0, 0.05) is 22.9 Å². The average molecular weight is 741 g/mol. The van der Waals surface area contributed by atoms with E-state index in [0.717, 1.165) is 18.4 Å². The summed E-state index contributed by atoms with van der Waals surface area (Å²) >= 11 is 0. The molecule has 1 aromatic carbocycles. The molecule has 5 rings (SSSR count). The van der Waals surface area contributed by atoms with Crippen molar-refractivity contribution in [3.63, 3.8) is 0 Å². The summed E-state index contributed by atoms with van der Waals surface area (Å²) in [7, 11) is 1.48. The Hall–Kier alpha value is -4.63. The molecule has 1 amide bonds. The lowest BCUT2D eigenvalue weighted by Crippen LogP contribution is -2.49. The quantitative estimate of drug-likeness (QED) is 0.183. The second-order valence-electron chi connectivity index (χ2n) is 13.5. The third kappa shape index (κ3) is 8.69. The number of aromatic nitrogens is 2. The number of cyclic esters (lactones) is 1. The van der Waals surface area contributed by atoms with E-state index in [0.29, 0.717) is 54.8 Å². The highest BCUT2D eigenvalue weighted by Crippen LogP contribution is 2.39. The molecule has 16 heteroatoms. The number of ether oxygens (including phenoxy) is 2. The number of halogens is 7. The number of benzene rings is 1. The van der Waals surface area contributed by atoms with Gasteiger partial charge in [0.2, 0.25) is 5.95 Å². The van der Waals surface area contributed by atoms with Gasteiger partial charge in [-0.25, -0.2) is 19.2 Å². The Labute approximate surface area is 295 Å². The number of amides is 1. The molecule has 0 spiro atoms. The van der Waals surface area contributed by atoms with E-state index in [-0.39, 0.29) is 49.1 Å². The number of carboxylic acid groups (broad SMARTS) is 1. The number of rotatable bonds is 11. The summed E-state index contributed by atoms with van der Waals surface area (Å²) < 4.78 is 105. The smallest absolute Gasteiger partial charge is 0.416 e. The molecule has 52 heavy (non-hydrogen) atoms. The van der Waals surface area contributed by atoms with Gasteiger partial charge in [-0.3, -0.25) is 9.69 Å². The Morgan fingerprint density at radius 1 is 1.08 bits per heavy atom. The second kappa shape index (κ2) is 15.2. The molecule has 2 aromatic rings. The Morgan fingerprint density at radius 2 is 1.75 bits per heavy atom. The minimum absolute atomic E-state index is 0.0284. The van der Waals surface area contributed by atoms with Crippen LogP contribution in [0.3, 0.4) is 0 Å². The number of allylic oxidation sites excluding steroid dienone is 3. The summed E-state index contributed by atoms with van der Waals surface area (Å²) in [5.41, 5.74) is -1.16. The summed E-state index contributed by atoms with van der Waals surface area (Å²) in [4.78, 5) is 36.6. The lowest BCUT2D eigenvalue weighted by Gasteiger charge is -2.34. The highest BCUT2D eigenvalue weighted by molar-refractivity contribution is 5.75. The van der Waals surface area contributed by atoms with Crippen molar-refractivity contribution in [1.29, 1.82) is 0 Å². The van der Waals surface area contributed by atoms with Gasteiger partial charge in [-0.15, -0.1) is 0 Å². The minimum atomic E-state index is -5.16. The number of alkyl halides is 7. The summed E-state index contributed by atoms with van der Waals surface area (Å²) in [5.74, 6) is -0.221. The number of hydrogen-bond acceptors (Lipinski definition) is 7. The van der Waals surface area contributed by atoms with Crippen LogP contribution in [0, 0.1) is 11.8 Å². The van der Waals surface area contributed by atoms with E-state index in [1.54, 1.807) is 11.0 Å². The Bertz CT molecular complexity index is 1740. The van der Waals surface area contributed by atoms with Crippen molar-refractivity contribution in [2.24, 2.45) is 11.8 Å². The first-order valence-electron chi connectivity index (χ1n) is 16.7. The van der Waals surface area contributed by atoms with Gasteiger partial charge in [-0.1, -0.05) is 12.6 Å². The van der Waals surface area contributed by atoms with Crippen LogP contribution in [0.4, 0.5) is 41.5 Å². The largest absolute Gasteiger partial charge is 0.496 e. The third-order valence-corrected chi connectivity index (χ3v) is 9.81. The van der Waals surface area contributed by atoms with Gasteiger partial charge in [-0.2, -0.15) is 26.3 Å². The first-order chi connectivity index (χ1) is 24.3. The zero-order valence-electron chi connectivity index (χ0n) is 28.7. The molecule has 3 fully saturated rings. The molecule has 282 valence electrons. The van der Waals surface area contributed by atoms with Crippen LogP contribution in [0.15, 0.2) is 59.8 Å². The van der Waals surface area contributed by atoms with Crippen LogP contribution in [-0.4, -0.2) is 82.9 Å². The van der Waals surface area contributed by atoms with Crippen LogP contribution in [0.25, 0.3) is 11.1 Å². The highest BCUT2D eigenvalue weighted by Gasteiger charge is 2.42. The Kier molecular flexibility index (Phi) is 11.2. The fourth-order valence-corrected chi connectivity index (χ4v) is 6.69. The van der Waals surface area contributed by atoms with Crippen LogP contribution < -0.4 is 9.64 Å². The molecule has 9 nitrogen and oxygen atoms in total. The second-order valence-corrected chi connectivity index (χ2v) is 13.5. The van der Waals surface area contributed by atoms with Gasteiger partial charge < -0.3 is 19.5 Å². The van der Waals surface area contributed by atoms with Crippen LogP contribution in [-0.2, 0) is 22.5 Å². The van der Waals surface area contributed by atoms with Gasteiger partial charge >= 0.3 is 24.4 Å². The fourth-order valence-electron chi connectivity index (χ4n) is 6.69. The molecule has 1 aliphatic carbocycles. The molecular weight excluding hydrogens is 701 g/mol. The van der Waals surface area contributed by atoms with E-state index in [4.69, 9.17) is 9.47 Å². The molecule has 1 N–H and O–H groups in total. The maximum Gasteiger partial charge on any atom is 0.416 e. The monoisotopic (exact) mass is 740 g/mol. The topological polar surface area (TPSA) is 105 Å². The summed E-state index contributed by atoms with van der Waals surface area (Å²) in [6.45, 7) is 5.51. The van der Waals surface area contributed by atoms with Crippen molar-refractivity contribution in [3.8, 4) is 16.9 Å². The van der Waals surface area contributed by atoms with Crippen molar-refractivity contribution in [1.82, 2.24) is 14.9 Å². The maximum atomic E-state index is 13.8. The van der Waals surface area contributed by atoms with Crippen molar-refractivity contribution >= 4 is 18.0 Å². The van der Waals surface area contributed by atoms with Crippen LogP contribution in [0.5, 0.6) is 5.75 Å². The molecule has 0 bridgehead atoms. The first-order valence-corrected chi connectivity index (χ1v) is 16.7. The van der Waals surface area contributed by atoms with Gasteiger partial charge in [0.1, 0.15) is 18.0 Å². The normalized spacial score (nSPS) is 23.4. The number of hydrogen-bond donors (Lipinski definition) is 1. The van der Waals surface area contributed by atoms with Gasteiger partial charge in [0.15, 0.2) is 0 Å². The van der Waals surface area contributed by atoms with E-state index in [2.05, 4.69) is 16.5 Å². The number of anilines is 1. The van der Waals surface area contributed by atoms with E-state index in [9.17, 15) is 45.4 Å². The molecule has 3 heterocycles. The van der Waals surface area contributed by atoms with Gasteiger partial charge in [0.05, 0.1) is 50.0 Å². The van der Waals surface area contributed by atoms with Gasteiger partial charge in [-0.05, 0) is 87.3 Å². The van der Waals surface area contributed by atoms with E-state index < -0.39 is 53.9 Å². The van der Waals surface area contributed by atoms with Crippen LogP contribution >= 0.6 is 0 Å². The zero-order valence-corrected chi connectivity index (χ0v) is 28.7. The third-order valence-electron chi connectivity index (χ3n) is 9.81. The van der Waals surface area contributed by atoms with Crippen molar-refractivity contribution in [3.05, 3.63) is 71.1 Å².